The SMILES string of the molecule is O=C(CSCc1ccccn1)NCc1cccc(OCCN2CCOCC2)c1. The van der Waals surface area contributed by atoms with Crippen molar-refractivity contribution in [3.05, 3.63) is 59.9 Å². The number of rotatable bonds is 10. The number of hydrogen-bond donors (Lipinski definition) is 1. The Labute approximate surface area is 170 Å². The van der Waals surface area contributed by atoms with Gasteiger partial charge in [0.1, 0.15) is 12.4 Å². The molecule has 1 aromatic carbocycles. The second kappa shape index (κ2) is 11.7. The van der Waals surface area contributed by atoms with Crippen molar-refractivity contribution in [2.24, 2.45) is 0 Å². The summed E-state index contributed by atoms with van der Waals surface area (Å²) >= 11 is 1.56. The monoisotopic (exact) mass is 401 g/mol. The van der Waals surface area contributed by atoms with Gasteiger partial charge in [0.15, 0.2) is 0 Å². The molecule has 0 aliphatic carbocycles. The molecular weight excluding hydrogens is 374 g/mol. The minimum Gasteiger partial charge on any atom is -0.492 e. The smallest absolute Gasteiger partial charge is 0.230 e. The number of morpholine rings is 1. The lowest BCUT2D eigenvalue weighted by molar-refractivity contribution is -0.118. The van der Waals surface area contributed by atoms with Crippen LogP contribution in [0, 0.1) is 0 Å². The number of nitrogens with one attached hydrogen (secondary N) is 1. The highest BCUT2D eigenvalue weighted by molar-refractivity contribution is 7.99. The van der Waals surface area contributed by atoms with Crippen molar-refractivity contribution in [3.8, 4) is 5.75 Å². The van der Waals surface area contributed by atoms with Crippen molar-refractivity contribution in [1.82, 2.24) is 15.2 Å². The van der Waals surface area contributed by atoms with E-state index in [2.05, 4.69) is 15.2 Å². The third-order valence-corrected chi connectivity index (χ3v) is 5.34. The maximum Gasteiger partial charge on any atom is 0.230 e. The first kappa shape index (κ1) is 20.6. The van der Waals surface area contributed by atoms with Crippen LogP contribution in [0.5, 0.6) is 5.75 Å². The van der Waals surface area contributed by atoms with E-state index >= 15 is 0 Å². The summed E-state index contributed by atoms with van der Waals surface area (Å²) in [6.45, 7) is 5.59. The van der Waals surface area contributed by atoms with Crippen molar-refractivity contribution < 1.29 is 14.3 Å². The first-order valence-corrected chi connectivity index (χ1v) is 10.7. The van der Waals surface area contributed by atoms with E-state index in [0.717, 1.165) is 55.6 Å². The van der Waals surface area contributed by atoms with Gasteiger partial charge in [-0.25, -0.2) is 0 Å². The molecule has 1 aromatic heterocycles. The lowest BCUT2D eigenvalue weighted by atomic mass is 10.2. The summed E-state index contributed by atoms with van der Waals surface area (Å²) in [5.41, 5.74) is 2.02. The normalized spacial score (nSPS) is 14.6. The molecular formula is C21H27N3O3S. The fraction of sp³-hybridized carbons (Fsp3) is 0.429. The van der Waals surface area contributed by atoms with E-state index in [9.17, 15) is 4.79 Å². The molecule has 3 rings (SSSR count). The van der Waals surface area contributed by atoms with E-state index in [1.165, 1.54) is 0 Å². The topological polar surface area (TPSA) is 63.7 Å². The average Bonchev–Trinajstić information content (AvgIpc) is 2.74. The van der Waals surface area contributed by atoms with Crippen LogP contribution in [0.3, 0.4) is 0 Å². The fourth-order valence-electron chi connectivity index (χ4n) is 2.85. The van der Waals surface area contributed by atoms with Gasteiger partial charge in [-0.1, -0.05) is 18.2 Å². The van der Waals surface area contributed by atoms with Crippen LogP contribution in [0.15, 0.2) is 48.7 Å². The maximum absolute atomic E-state index is 12.0. The number of ether oxygens (including phenoxy) is 2. The van der Waals surface area contributed by atoms with Gasteiger partial charge in [-0.2, -0.15) is 0 Å². The second-order valence-electron chi connectivity index (χ2n) is 6.54. The Hall–Kier alpha value is -2.09. The quantitative estimate of drug-likeness (QED) is 0.659. The Bertz CT molecular complexity index is 724. The summed E-state index contributed by atoms with van der Waals surface area (Å²) < 4.78 is 11.2. The van der Waals surface area contributed by atoms with Gasteiger partial charge in [0.2, 0.25) is 5.91 Å². The van der Waals surface area contributed by atoms with Crippen molar-refractivity contribution in [2.45, 2.75) is 12.3 Å². The number of aromatic nitrogens is 1. The number of benzene rings is 1. The molecule has 1 aliphatic heterocycles. The van der Waals surface area contributed by atoms with Gasteiger partial charge in [-0.15, -0.1) is 11.8 Å². The van der Waals surface area contributed by atoms with Gasteiger partial charge < -0.3 is 14.8 Å². The van der Waals surface area contributed by atoms with Gasteiger partial charge in [0.25, 0.3) is 0 Å². The highest BCUT2D eigenvalue weighted by atomic mass is 32.2. The Morgan fingerprint density at radius 2 is 2.11 bits per heavy atom. The van der Waals surface area contributed by atoms with Crippen molar-refractivity contribution in [3.63, 3.8) is 0 Å². The van der Waals surface area contributed by atoms with Crippen LogP contribution >= 0.6 is 11.8 Å². The third-order valence-electron chi connectivity index (χ3n) is 4.38. The summed E-state index contributed by atoms with van der Waals surface area (Å²) in [4.78, 5) is 18.6. The fourth-order valence-corrected chi connectivity index (χ4v) is 3.62. The second-order valence-corrected chi connectivity index (χ2v) is 7.53. The van der Waals surface area contributed by atoms with Crippen LogP contribution < -0.4 is 10.1 Å². The summed E-state index contributed by atoms with van der Waals surface area (Å²) in [6, 6.07) is 13.7. The first-order chi connectivity index (χ1) is 13.8. The highest BCUT2D eigenvalue weighted by Crippen LogP contribution is 2.14. The third kappa shape index (κ3) is 7.50. The summed E-state index contributed by atoms with van der Waals surface area (Å²) in [6.07, 6.45) is 1.77. The van der Waals surface area contributed by atoms with Crippen LogP contribution in [-0.2, 0) is 21.8 Å². The predicted molar refractivity (Wildman–Crippen MR) is 111 cm³/mol. The lowest BCUT2D eigenvalue weighted by Crippen LogP contribution is -2.38. The molecule has 2 heterocycles. The minimum absolute atomic E-state index is 0.0274. The average molecular weight is 402 g/mol. The zero-order valence-corrected chi connectivity index (χ0v) is 16.8. The Morgan fingerprint density at radius 3 is 2.93 bits per heavy atom. The van der Waals surface area contributed by atoms with Crippen LogP contribution in [0.2, 0.25) is 0 Å². The van der Waals surface area contributed by atoms with E-state index in [-0.39, 0.29) is 5.91 Å². The number of carbonyl (C=O) groups is 1. The molecule has 1 N–H and O–H groups in total. The number of pyridine rings is 1. The van der Waals surface area contributed by atoms with Gasteiger partial charge in [0, 0.05) is 38.1 Å². The van der Waals surface area contributed by atoms with Crippen molar-refractivity contribution in [1.29, 1.82) is 0 Å². The van der Waals surface area contributed by atoms with Gasteiger partial charge in [-0.05, 0) is 29.8 Å². The molecule has 1 saturated heterocycles. The molecule has 6 nitrogen and oxygen atoms in total. The van der Waals surface area contributed by atoms with Crippen molar-refractivity contribution in [2.75, 3.05) is 45.2 Å². The molecule has 0 unspecified atom stereocenters. The minimum atomic E-state index is 0.0274. The van der Waals surface area contributed by atoms with E-state index in [4.69, 9.17) is 9.47 Å². The molecule has 150 valence electrons. The Balaban J connectivity index is 1.33. The van der Waals surface area contributed by atoms with E-state index in [1.807, 2.05) is 42.5 Å². The molecule has 1 aliphatic rings. The summed E-state index contributed by atoms with van der Waals surface area (Å²) in [5.74, 6) is 2.02. The maximum atomic E-state index is 12.0. The molecule has 0 saturated carbocycles. The molecule has 7 heteroatoms. The van der Waals surface area contributed by atoms with Crippen LogP contribution in [-0.4, -0.2) is 61.0 Å². The Kier molecular flexibility index (Phi) is 8.61. The lowest BCUT2D eigenvalue weighted by Gasteiger charge is -2.26. The van der Waals surface area contributed by atoms with E-state index in [0.29, 0.717) is 18.9 Å². The number of hydrogen-bond acceptors (Lipinski definition) is 6. The standard InChI is InChI=1S/C21H27N3O3S/c25-21(17-28-16-19-5-1-2-7-22-19)23-15-18-4-3-6-20(14-18)27-13-10-24-8-11-26-12-9-24/h1-7,14H,8-13,15-17H2,(H,23,25). The molecule has 1 fully saturated rings. The van der Waals surface area contributed by atoms with E-state index < -0.39 is 0 Å². The molecule has 0 radical (unpaired) electrons. The van der Waals surface area contributed by atoms with Crippen LogP contribution in [0.1, 0.15) is 11.3 Å². The van der Waals surface area contributed by atoms with Crippen LogP contribution in [0.25, 0.3) is 0 Å². The molecule has 0 bridgehead atoms. The molecule has 28 heavy (non-hydrogen) atoms. The highest BCUT2D eigenvalue weighted by Gasteiger charge is 2.10. The van der Waals surface area contributed by atoms with Crippen molar-refractivity contribution >= 4 is 17.7 Å². The zero-order chi connectivity index (χ0) is 19.4. The van der Waals surface area contributed by atoms with Gasteiger partial charge >= 0.3 is 0 Å². The summed E-state index contributed by atoms with van der Waals surface area (Å²) in [7, 11) is 0. The van der Waals surface area contributed by atoms with Gasteiger partial charge in [-0.3, -0.25) is 14.7 Å². The van der Waals surface area contributed by atoms with Gasteiger partial charge in [0.05, 0.1) is 24.7 Å². The molecule has 1 amide bonds. The molecule has 2 aromatic rings. The number of carbonyl (C=O) groups excluding carboxylic acids is 1. The molecule has 0 atom stereocenters. The largest absolute Gasteiger partial charge is 0.492 e. The number of nitrogens with zero attached hydrogens (tertiary/aromatic N) is 2. The first-order valence-electron chi connectivity index (χ1n) is 9.56. The number of amides is 1. The van der Waals surface area contributed by atoms with Crippen LogP contribution in [0.4, 0.5) is 0 Å². The number of thioether (sulfide) groups is 1. The molecule has 0 spiro atoms. The summed E-state index contributed by atoms with van der Waals surface area (Å²) in [5, 5.41) is 2.96. The van der Waals surface area contributed by atoms with E-state index in [1.54, 1.807) is 18.0 Å². The Morgan fingerprint density at radius 1 is 1.21 bits per heavy atom. The zero-order valence-electron chi connectivity index (χ0n) is 16.0. The predicted octanol–water partition coefficient (Wildman–Crippen LogP) is 2.34.